The van der Waals surface area contributed by atoms with Crippen molar-refractivity contribution >= 4 is 50.0 Å². The van der Waals surface area contributed by atoms with Crippen LogP contribution in [0.4, 0.5) is 5.82 Å². The number of aryl methyl sites for hydroxylation is 1. The molecule has 7 rings (SSSR count). The number of carbonyl (C=O) groups is 2. The third kappa shape index (κ3) is 4.57. The number of amides is 1. The van der Waals surface area contributed by atoms with Crippen molar-refractivity contribution in [2.75, 3.05) is 31.6 Å². The molecule has 1 amide bonds. The highest BCUT2D eigenvalue weighted by Crippen LogP contribution is 2.37. The second-order valence-electron chi connectivity index (χ2n) is 10.3. The Morgan fingerprint density at radius 1 is 1.07 bits per heavy atom. The third-order valence-corrected chi connectivity index (χ3v) is 8.84. The molecule has 1 fully saturated rings. The molecular weight excluding hydrogens is 566 g/mol. The predicted molar refractivity (Wildman–Crippen MR) is 163 cm³/mol. The monoisotopic (exact) mass is 593 g/mol. The maximum atomic E-state index is 13.7. The van der Waals surface area contributed by atoms with Crippen LogP contribution in [0.5, 0.6) is 5.75 Å². The average molecular weight is 594 g/mol. The Morgan fingerprint density at radius 3 is 2.65 bits per heavy atom. The largest absolute Gasteiger partial charge is 0.494 e. The number of pyridine rings is 1. The molecule has 1 aliphatic heterocycles. The van der Waals surface area contributed by atoms with E-state index in [9.17, 15) is 9.59 Å². The van der Waals surface area contributed by atoms with Crippen molar-refractivity contribution in [2.24, 2.45) is 0 Å². The third-order valence-electron chi connectivity index (χ3n) is 7.68. The number of nitrogens with zero attached hydrogens (tertiary/aromatic N) is 8. The molecule has 0 saturated carbocycles. The van der Waals surface area contributed by atoms with E-state index in [1.54, 1.807) is 35.8 Å². The number of aromatic amines is 1. The first-order valence-corrected chi connectivity index (χ1v) is 14.6. The van der Waals surface area contributed by atoms with Gasteiger partial charge >= 0.3 is 0 Å². The summed E-state index contributed by atoms with van der Waals surface area (Å²) in [7, 11) is 1.50. The van der Waals surface area contributed by atoms with Crippen molar-refractivity contribution in [1.82, 2.24) is 39.6 Å². The Hall–Kier alpha value is -5.17. The van der Waals surface area contributed by atoms with Crippen LogP contribution < -0.4 is 9.64 Å². The van der Waals surface area contributed by atoms with Gasteiger partial charge in [-0.3, -0.25) is 9.59 Å². The van der Waals surface area contributed by atoms with E-state index in [0.717, 1.165) is 26.5 Å². The number of piperazine rings is 1. The van der Waals surface area contributed by atoms with E-state index < -0.39 is 11.7 Å². The van der Waals surface area contributed by atoms with E-state index in [-0.39, 0.29) is 11.6 Å². The topological polar surface area (TPSA) is 135 Å². The Balaban J connectivity index is 1.14. The van der Waals surface area contributed by atoms with Crippen LogP contribution in [0, 0.1) is 6.92 Å². The van der Waals surface area contributed by atoms with Crippen LogP contribution in [0.25, 0.3) is 37.4 Å². The summed E-state index contributed by atoms with van der Waals surface area (Å²) in [5.74, 6) is 1.06. The van der Waals surface area contributed by atoms with Crippen molar-refractivity contribution in [1.29, 1.82) is 0 Å². The molecular formula is C30H27N9O3S. The molecule has 6 heterocycles. The molecule has 5 aromatic heterocycles. The van der Waals surface area contributed by atoms with Crippen molar-refractivity contribution in [3.05, 3.63) is 72.8 Å². The summed E-state index contributed by atoms with van der Waals surface area (Å²) < 4.78 is 8.05. The lowest BCUT2D eigenvalue weighted by molar-refractivity contribution is -0.128. The van der Waals surface area contributed by atoms with Crippen LogP contribution in [0.15, 0.2) is 61.4 Å². The molecule has 0 aliphatic carbocycles. The van der Waals surface area contributed by atoms with Crippen LogP contribution in [0.1, 0.15) is 23.1 Å². The molecule has 1 aromatic carbocycles. The highest BCUT2D eigenvalue weighted by Gasteiger charge is 2.34. The lowest BCUT2D eigenvalue weighted by Crippen LogP contribution is -2.55. The van der Waals surface area contributed by atoms with Gasteiger partial charge in [0, 0.05) is 36.8 Å². The lowest BCUT2D eigenvalue weighted by atomic mass is 10.1. The maximum Gasteiger partial charge on any atom is 0.295 e. The Bertz CT molecular complexity index is 2000. The number of rotatable bonds is 6. The number of nitrogens with one attached hydrogen (secondary N) is 1. The standard InChI is InChI=1S/C30H27N9O3S/c1-17-14-37(29-27-21(33-15-34-29)11-23(43-27)19-7-5-4-6-8-19)9-10-38(17)30(41)26(40)20-12-31-25-24(20)22(42-3)13-32-28(25)39-16-35-18(2)36-39/h4-8,11-13,15-17,31H,9-10,14H2,1-3H3/t17-/m1/s1. The van der Waals surface area contributed by atoms with Gasteiger partial charge in [0.2, 0.25) is 0 Å². The fourth-order valence-electron chi connectivity index (χ4n) is 5.57. The fraction of sp³-hybridized carbons (Fsp3) is 0.233. The predicted octanol–water partition coefficient (Wildman–Crippen LogP) is 4.05. The summed E-state index contributed by atoms with van der Waals surface area (Å²) in [6.07, 6.45) is 6.17. The number of Topliss-reactive ketones (excluding diaryl/α,β-unsaturated/α-hetero) is 1. The molecule has 0 spiro atoms. The average Bonchev–Trinajstić information content (AvgIpc) is 3.78. The van der Waals surface area contributed by atoms with Gasteiger partial charge in [0.05, 0.1) is 40.0 Å². The number of ether oxygens (including phenoxy) is 1. The van der Waals surface area contributed by atoms with Gasteiger partial charge in [0.25, 0.3) is 11.7 Å². The number of thiophene rings is 1. The number of aromatic nitrogens is 7. The van der Waals surface area contributed by atoms with Gasteiger partial charge in [-0.25, -0.2) is 24.6 Å². The number of methoxy groups -OCH3 is 1. The lowest BCUT2D eigenvalue weighted by Gasteiger charge is -2.40. The summed E-state index contributed by atoms with van der Waals surface area (Å²) in [6.45, 7) is 5.16. The van der Waals surface area contributed by atoms with Crippen molar-refractivity contribution in [3.63, 3.8) is 0 Å². The molecule has 43 heavy (non-hydrogen) atoms. The molecule has 1 aliphatic rings. The summed E-state index contributed by atoms with van der Waals surface area (Å²) in [5.41, 5.74) is 2.76. The quantitative estimate of drug-likeness (QED) is 0.224. The van der Waals surface area contributed by atoms with Gasteiger partial charge < -0.3 is 19.5 Å². The molecule has 1 N–H and O–H groups in total. The zero-order valence-corrected chi connectivity index (χ0v) is 24.5. The van der Waals surface area contributed by atoms with E-state index in [0.29, 0.717) is 47.9 Å². The Morgan fingerprint density at radius 2 is 1.91 bits per heavy atom. The minimum atomic E-state index is -0.619. The normalized spacial score (nSPS) is 15.4. The fourth-order valence-corrected chi connectivity index (χ4v) is 6.70. The highest BCUT2D eigenvalue weighted by molar-refractivity contribution is 7.22. The van der Waals surface area contributed by atoms with Crippen molar-refractivity contribution in [3.8, 4) is 22.0 Å². The van der Waals surface area contributed by atoms with Gasteiger partial charge in [-0.1, -0.05) is 30.3 Å². The van der Waals surface area contributed by atoms with Crippen LogP contribution in [0.3, 0.4) is 0 Å². The number of fused-ring (bicyclic) bond motifs is 2. The van der Waals surface area contributed by atoms with E-state index in [4.69, 9.17) is 4.74 Å². The number of anilines is 1. The van der Waals surface area contributed by atoms with Gasteiger partial charge in [0.1, 0.15) is 30.0 Å². The first kappa shape index (κ1) is 26.7. The zero-order valence-electron chi connectivity index (χ0n) is 23.7. The molecule has 13 heteroatoms. The van der Waals surface area contributed by atoms with Gasteiger partial charge in [-0.05, 0) is 25.5 Å². The van der Waals surface area contributed by atoms with Gasteiger partial charge in [-0.2, -0.15) is 5.10 Å². The van der Waals surface area contributed by atoms with Crippen molar-refractivity contribution in [2.45, 2.75) is 19.9 Å². The number of benzene rings is 1. The van der Waals surface area contributed by atoms with E-state index >= 15 is 0 Å². The summed E-state index contributed by atoms with van der Waals surface area (Å²) >= 11 is 1.66. The zero-order chi connectivity index (χ0) is 29.7. The molecule has 6 aromatic rings. The van der Waals surface area contributed by atoms with E-state index in [1.165, 1.54) is 24.2 Å². The minimum Gasteiger partial charge on any atom is -0.494 e. The number of H-pyrrole nitrogens is 1. The minimum absolute atomic E-state index is 0.219. The molecule has 0 unspecified atom stereocenters. The van der Waals surface area contributed by atoms with Crippen LogP contribution in [0.2, 0.25) is 0 Å². The van der Waals surface area contributed by atoms with Crippen molar-refractivity contribution < 1.29 is 14.3 Å². The Labute approximate surface area is 250 Å². The highest BCUT2D eigenvalue weighted by atomic mass is 32.1. The molecule has 12 nitrogen and oxygen atoms in total. The second kappa shape index (κ2) is 10.6. The first-order valence-electron chi connectivity index (χ1n) is 13.8. The Kier molecular flexibility index (Phi) is 6.58. The first-order chi connectivity index (χ1) is 20.9. The number of hydrogen-bond acceptors (Lipinski definition) is 10. The summed E-state index contributed by atoms with van der Waals surface area (Å²) in [4.78, 5) is 53.1. The second-order valence-corrected chi connectivity index (χ2v) is 11.4. The molecule has 1 atom stereocenters. The summed E-state index contributed by atoms with van der Waals surface area (Å²) in [6, 6.07) is 12.1. The van der Waals surface area contributed by atoms with Gasteiger partial charge in [0.15, 0.2) is 5.82 Å². The SMILES string of the molecule is COc1cnc(-n2cnc(C)n2)c2[nH]cc(C(=O)C(=O)N3CCN(c4ncnc5cc(-c6ccccc6)sc45)C[C@H]3C)c12. The smallest absolute Gasteiger partial charge is 0.295 e. The van der Waals surface area contributed by atoms with E-state index in [2.05, 4.69) is 53.1 Å². The number of carbonyl (C=O) groups excluding carboxylic acids is 2. The summed E-state index contributed by atoms with van der Waals surface area (Å²) in [5, 5.41) is 4.81. The van der Waals surface area contributed by atoms with E-state index in [1.807, 2.05) is 25.1 Å². The number of hydrogen-bond donors (Lipinski definition) is 1. The molecule has 216 valence electrons. The number of ketones is 1. The maximum absolute atomic E-state index is 13.7. The molecule has 1 saturated heterocycles. The van der Waals surface area contributed by atoms with Crippen LogP contribution >= 0.6 is 11.3 Å². The van der Waals surface area contributed by atoms with Crippen LogP contribution in [-0.4, -0.2) is 84.1 Å². The molecule has 0 radical (unpaired) electrons. The molecule has 0 bridgehead atoms. The van der Waals surface area contributed by atoms with Gasteiger partial charge in [-0.15, -0.1) is 11.3 Å². The van der Waals surface area contributed by atoms with Crippen LogP contribution in [-0.2, 0) is 4.79 Å².